The number of rotatable bonds is 6. The van der Waals surface area contributed by atoms with Gasteiger partial charge in [-0.2, -0.15) is 0 Å². The van der Waals surface area contributed by atoms with Gasteiger partial charge in [0.1, 0.15) is 5.82 Å². The second-order valence-corrected chi connectivity index (χ2v) is 5.68. The summed E-state index contributed by atoms with van der Waals surface area (Å²) in [6, 6.07) is 4.51. The van der Waals surface area contributed by atoms with Crippen LogP contribution in [0.25, 0.3) is 0 Å². The van der Waals surface area contributed by atoms with E-state index in [1.165, 1.54) is 52.8 Å². The summed E-state index contributed by atoms with van der Waals surface area (Å²) in [7, 11) is 5.66. The fraction of sp³-hybridized carbons (Fsp3) is 0.235. The van der Waals surface area contributed by atoms with Crippen molar-refractivity contribution in [3.8, 4) is 17.2 Å². The molecule has 0 spiro atoms. The van der Waals surface area contributed by atoms with Crippen molar-refractivity contribution in [1.82, 2.24) is 4.98 Å². The Balaban J connectivity index is 2.33. The van der Waals surface area contributed by atoms with E-state index < -0.39 is 11.9 Å². The molecule has 0 fully saturated rings. The lowest BCUT2D eigenvalue weighted by molar-refractivity contribution is 0.0600. The zero-order valence-electron chi connectivity index (χ0n) is 14.6. The zero-order valence-corrected chi connectivity index (χ0v) is 16.2. The van der Waals surface area contributed by atoms with Gasteiger partial charge in [0.05, 0.1) is 44.0 Å². The van der Waals surface area contributed by atoms with Gasteiger partial charge in [-0.3, -0.25) is 4.79 Å². The van der Waals surface area contributed by atoms with E-state index in [1.807, 2.05) is 0 Å². The quantitative estimate of drug-likeness (QED) is 0.711. The number of halogens is 1. The predicted octanol–water partition coefficient (Wildman–Crippen LogP) is 2.91. The lowest BCUT2D eigenvalue weighted by Crippen LogP contribution is -2.15. The van der Waals surface area contributed by atoms with E-state index in [4.69, 9.17) is 14.2 Å². The Labute approximate surface area is 158 Å². The second-order valence-electron chi connectivity index (χ2n) is 4.88. The van der Waals surface area contributed by atoms with Crippen molar-refractivity contribution in [3.05, 3.63) is 40.0 Å². The van der Waals surface area contributed by atoms with Gasteiger partial charge < -0.3 is 24.3 Å². The van der Waals surface area contributed by atoms with Crippen molar-refractivity contribution >= 4 is 33.6 Å². The number of carbonyl (C=O) groups is 2. The van der Waals surface area contributed by atoms with Crippen molar-refractivity contribution in [2.24, 2.45) is 0 Å². The van der Waals surface area contributed by atoms with Crippen LogP contribution in [-0.2, 0) is 4.74 Å². The highest BCUT2D eigenvalue weighted by Gasteiger charge is 2.23. The Kier molecular flexibility index (Phi) is 6.40. The SMILES string of the molecule is COC(=O)c1ccc(NC(=O)c2cc(OC)c(OC)c(OC)c2Br)nc1. The number of pyridine rings is 1. The topological polar surface area (TPSA) is 96.0 Å². The van der Waals surface area contributed by atoms with Gasteiger partial charge in [-0.1, -0.05) is 0 Å². The Morgan fingerprint density at radius 2 is 1.73 bits per heavy atom. The normalized spacial score (nSPS) is 10.0. The molecule has 138 valence electrons. The molecule has 1 aromatic carbocycles. The maximum absolute atomic E-state index is 12.6. The van der Waals surface area contributed by atoms with E-state index >= 15 is 0 Å². The van der Waals surface area contributed by atoms with Crippen molar-refractivity contribution in [2.45, 2.75) is 0 Å². The largest absolute Gasteiger partial charge is 0.493 e. The van der Waals surface area contributed by atoms with Crippen molar-refractivity contribution in [3.63, 3.8) is 0 Å². The smallest absolute Gasteiger partial charge is 0.339 e. The molecule has 1 heterocycles. The van der Waals surface area contributed by atoms with Gasteiger partial charge in [0, 0.05) is 6.20 Å². The van der Waals surface area contributed by atoms with E-state index in [-0.39, 0.29) is 16.9 Å². The highest BCUT2D eigenvalue weighted by molar-refractivity contribution is 9.10. The predicted molar refractivity (Wildman–Crippen MR) is 97.3 cm³/mol. The summed E-state index contributed by atoms with van der Waals surface area (Å²) >= 11 is 3.35. The number of anilines is 1. The molecule has 1 amide bonds. The summed E-state index contributed by atoms with van der Waals surface area (Å²) in [4.78, 5) is 28.1. The van der Waals surface area contributed by atoms with E-state index in [0.29, 0.717) is 21.7 Å². The van der Waals surface area contributed by atoms with Crippen molar-refractivity contribution in [1.29, 1.82) is 0 Å². The molecule has 0 saturated heterocycles. The first-order valence-electron chi connectivity index (χ1n) is 7.31. The van der Waals surface area contributed by atoms with Crippen molar-refractivity contribution in [2.75, 3.05) is 33.8 Å². The van der Waals surface area contributed by atoms with Gasteiger partial charge in [-0.15, -0.1) is 0 Å². The van der Waals surface area contributed by atoms with Gasteiger partial charge >= 0.3 is 5.97 Å². The molecule has 0 aliphatic carbocycles. The van der Waals surface area contributed by atoms with Gasteiger partial charge in [0.25, 0.3) is 5.91 Å². The van der Waals surface area contributed by atoms with Gasteiger partial charge in [0.15, 0.2) is 11.5 Å². The first-order valence-corrected chi connectivity index (χ1v) is 8.10. The third kappa shape index (κ3) is 3.88. The molecular formula is C17H17BrN2O6. The summed E-state index contributed by atoms with van der Waals surface area (Å²) in [6.07, 6.45) is 1.31. The number of hydrogen-bond acceptors (Lipinski definition) is 7. The number of hydrogen-bond donors (Lipinski definition) is 1. The highest BCUT2D eigenvalue weighted by atomic mass is 79.9. The van der Waals surface area contributed by atoms with Gasteiger partial charge in [-0.25, -0.2) is 9.78 Å². The van der Waals surface area contributed by atoms with Crippen LogP contribution in [0.15, 0.2) is 28.9 Å². The summed E-state index contributed by atoms with van der Waals surface area (Å²) in [5.74, 6) is 0.331. The van der Waals surface area contributed by atoms with Crippen LogP contribution in [0.1, 0.15) is 20.7 Å². The van der Waals surface area contributed by atoms with Gasteiger partial charge in [-0.05, 0) is 34.1 Å². The summed E-state index contributed by atoms with van der Waals surface area (Å²) in [5.41, 5.74) is 0.540. The average molecular weight is 425 g/mol. The Bertz CT molecular complexity index is 823. The number of carbonyl (C=O) groups excluding carboxylic acids is 2. The molecule has 0 aliphatic rings. The van der Waals surface area contributed by atoms with E-state index in [9.17, 15) is 9.59 Å². The molecule has 1 aromatic heterocycles. The summed E-state index contributed by atoms with van der Waals surface area (Å²) in [5, 5.41) is 2.64. The number of amides is 1. The third-order valence-electron chi connectivity index (χ3n) is 3.44. The highest BCUT2D eigenvalue weighted by Crippen LogP contribution is 2.44. The van der Waals surface area contributed by atoms with Crippen LogP contribution >= 0.6 is 15.9 Å². The first kappa shape index (κ1) is 19.5. The average Bonchev–Trinajstić information content (AvgIpc) is 2.67. The molecule has 26 heavy (non-hydrogen) atoms. The van der Waals surface area contributed by atoms with Crippen LogP contribution in [0.2, 0.25) is 0 Å². The number of benzene rings is 1. The monoisotopic (exact) mass is 424 g/mol. The molecule has 0 atom stereocenters. The lowest BCUT2D eigenvalue weighted by atomic mass is 10.1. The number of esters is 1. The minimum Gasteiger partial charge on any atom is -0.493 e. The minimum absolute atomic E-state index is 0.262. The van der Waals surface area contributed by atoms with E-state index in [0.717, 1.165) is 0 Å². The Morgan fingerprint density at radius 3 is 2.23 bits per heavy atom. The molecule has 0 bridgehead atoms. The van der Waals surface area contributed by atoms with Gasteiger partial charge in [0.2, 0.25) is 5.75 Å². The van der Waals surface area contributed by atoms with Crippen LogP contribution in [0.3, 0.4) is 0 Å². The first-order chi connectivity index (χ1) is 12.5. The standard InChI is InChI=1S/C17H17BrN2O6/c1-23-11-7-10(13(18)15(25-3)14(11)24-2)16(21)20-12-6-5-9(8-19-12)17(22)26-4/h5-8H,1-4H3,(H,19,20,21). The molecular weight excluding hydrogens is 408 g/mol. The number of ether oxygens (including phenoxy) is 4. The molecule has 0 unspecified atom stereocenters. The minimum atomic E-state index is -0.511. The van der Waals surface area contributed by atoms with Crippen LogP contribution in [-0.4, -0.2) is 45.3 Å². The van der Waals surface area contributed by atoms with E-state index in [1.54, 1.807) is 0 Å². The maximum Gasteiger partial charge on any atom is 0.339 e. The van der Waals surface area contributed by atoms with Crippen molar-refractivity contribution < 1.29 is 28.5 Å². The van der Waals surface area contributed by atoms with Crippen LogP contribution < -0.4 is 19.5 Å². The molecule has 8 nitrogen and oxygen atoms in total. The van der Waals surface area contributed by atoms with E-state index in [2.05, 4.69) is 31.0 Å². The number of nitrogens with one attached hydrogen (secondary N) is 1. The maximum atomic E-state index is 12.6. The number of methoxy groups -OCH3 is 4. The molecule has 0 aliphatic heterocycles. The Hall–Kier alpha value is -2.81. The van der Waals surface area contributed by atoms with Crippen LogP contribution in [0.4, 0.5) is 5.82 Å². The summed E-state index contributed by atoms with van der Waals surface area (Å²) < 4.78 is 20.8. The second kappa shape index (κ2) is 8.52. The lowest BCUT2D eigenvalue weighted by Gasteiger charge is -2.16. The third-order valence-corrected chi connectivity index (χ3v) is 4.23. The zero-order chi connectivity index (χ0) is 19.3. The molecule has 2 aromatic rings. The molecule has 0 saturated carbocycles. The fourth-order valence-corrected chi connectivity index (χ4v) is 2.81. The van der Waals surface area contributed by atoms with Crippen LogP contribution in [0, 0.1) is 0 Å². The number of nitrogens with zero attached hydrogens (tertiary/aromatic N) is 1. The number of aromatic nitrogens is 1. The van der Waals surface area contributed by atoms with Crippen LogP contribution in [0.5, 0.6) is 17.2 Å². The molecule has 0 radical (unpaired) electrons. The molecule has 9 heteroatoms. The molecule has 2 rings (SSSR count). The Morgan fingerprint density at radius 1 is 1.04 bits per heavy atom. The summed E-state index contributed by atoms with van der Waals surface area (Å²) in [6.45, 7) is 0. The molecule has 1 N–H and O–H groups in total. The fourth-order valence-electron chi connectivity index (χ4n) is 2.18.